The van der Waals surface area contributed by atoms with Gasteiger partial charge in [0.15, 0.2) is 0 Å². The SMILES string of the molecule is C[C@H](NC(=O)c1ccccc1)c1ccc2c(c1)CCC2. The van der Waals surface area contributed by atoms with Gasteiger partial charge in [0.1, 0.15) is 0 Å². The summed E-state index contributed by atoms with van der Waals surface area (Å²) in [6, 6.07) is 16.0. The van der Waals surface area contributed by atoms with Gasteiger partial charge in [-0.2, -0.15) is 0 Å². The van der Waals surface area contributed by atoms with Gasteiger partial charge in [-0.25, -0.2) is 0 Å². The van der Waals surface area contributed by atoms with Crippen LogP contribution in [0.1, 0.15) is 46.4 Å². The number of rotatable bonds is 3. The molecule has 0 bridgehead atoms. The molecule has 0 unspecified atom stereocenters. The molecule has 0 saturated carbocycles. The Morgan fingerprint density at radius 2 is 1.80 bits per heavy atom. The third-order valence-corrected chi connectivity index (χ3v) is 4.01. The fourth-order valence-electron chi connectivity index (χ4n) is 2.81. The van der Waals surface area contributed by atoms with Crippen LogP contribution in [-0.4, -0.2) is 5.91 Å². The Morgan fingerprint density at radius 1 is 1.05 bits per heavy atom. The summed E-state index contributed by atoms with van der Waals surface area (Å²) in [5.74, 6) is -0.0152. The van der Waals surface area contributed by atoms with Crippen LogP contribution in [0.4, 0.5) is 0 Å². The summed E-state index contributed by atoms with van der Waals surface area (Å²) in [6.45, 7) is 2.04. The molecule has 0 fully saturated rings. The van der Waals surface area contributed by atoms with Crippen LogP contribution in [0.2, 0.25) is 0 Å². The van der Waals surface area contributed by atoms with Gasteiger partial charge in [0.05, 0.1) is 6.04 Å². The third-order valence-electron chi connectivity index (χ3n) is 4.01. The summed E-state index contributed by atoms with van der Waals surface area (Å²) in [4.78, 5) is 12.2. The van der Waals surface area contributed by atoms with Crippen LogP contribution in [0.25, 0.3) is 0 Å². The highest BCUT2D eigenvalue weighted by Crippen LogP contribution is 2.25. The number of carbonyl (C=O) groups excluding carboxylic acids is 1. The van der Waals surface area contributed by atoms with Crippen molar-refractivity contribution in [2.24, 2.45) is 0 Å². The zero-order chi connectivity index (χ0) is 13.9. The molecular weight excluding hydrogens is 246 g/mol. The standard InChI is InChI=1S/C18H19NO/c1-13(19-18(20)15-6-3-2-4-7-15)16-11-10-14-8-5-9-17(14)12-16/h2-4,6-7,10-13H,5,8-9H2,1H3,(H,19,20)/t13-/m0/s1. The zero-order valence-electron chi connectivity index (χ0n) is 11.7. The van der Waals surface area contributed by atoms with E-state index in [9.17, 15) is 4.79 Å². The van der Waals surface area contributed by atoms with Gasteiger partial charge in [0.25, 0.3) is 5.91 Å². The number of nitrogens with one attached hydrogen (secondary N) is 1. The fraction of sp³-hybridized carbons (Fsp3) is 0.278. The Bertz CT molecular complexity index is 619. The molecule has 1 atom stereocenters. The fourth-order valence-corrected chi connectivity index (χ4v) is 2.81. The maximum atomic E-state index is 12.2. The van der Waals surface area contributed by atoms with E-state index in [1.807, 2.05) is 37.3 Å². The molecule has 2 aromatic rings. The monoisotopic (exact) mass is 265 g/mol. The molecule has 1 aliphatic carbocycles. The average molecular weight is 265 g/mol. The minimum Gasteiger partial charge on any atom is -0.346 e. The lowest BCUT2D eigenvalue weighted by Gasteiger charge is -2.15. The van der Waals surface area contributed by atoms with E-state index < -0.39 is 0 Å². The van der Waals surface area contributed by atoms with E-state index in [-0.39, 0.29) is 11.9 Å². The molecule has 2 aromatic carbocycles. The quantitative estimate of drug-likeness (QED) is 0.901. The van der Waals surface area contributed by atoms with Crippen molar-refractivity contribution in [2.45, 2.75) is 32.2 Å². The number of fused-ring (bicyclic) bond motifs is 1. The van der Waals surface area contributed by atoms with Gasteiger partial charge < -0.3 is 5.32 Å². The molecule has 2 heteroatoms. The molecule has 0 spiro atoms. The van der Waals surface area contributed by atoms with Crippen molar-refractivity contribution in [3.8, 4) is 0 Å². The van der Waals surface area contributed by atoms with E-state index in [0.717, 1.165) is 0 Å². The lowest BCUT2D eigenvalue weighted by atomic mass is 10.0. The molecule has 0 radical (unpaired) electrons. The molecule has 0 saturated heterocycles. The Hall–Kier alpha value is -2.09. The summed E-state index contributed by atoms with van der Waals surface area (Å²) in [6.07, 6.45) is 3.62. The summed E-state index contributed by atoms with van der Waals surface area (Å²) < 4.78 is 0. The second-order valence-corrected chi connectivity index (χ2v) is 5.44. The normalized spacial score (nSPS) is 14.7. The van der Waals surface area contributed by atoms with Gasteiger partial charge >= 0.3 is 0 Å². The Morgan fingerprint density at radius 3 is 2.60 bits per heavy atom. The lowest BCUT2D eigenvalue weighted by molar-refractivity contribution is 0.0940. The first-order valence-electron chi connectivity index (χ1n) is 7.21. The van der Waals surface area contributed by atoms with E-state index in [2.05, 4.69) is 23.5 Å². The summed E-state index contributed by atoms with van der Waals surface area (Å²) in [7, 11) is 0. The molecular formula is C18H19NO. The molecule has 1 amide bonds. The molecule has 1 N–H and O–H groups in total. The van der Waals surface area contributed by atoms with Crippen LogP contribution in [0.15, 0.2) is 48.5 Å². The lowest BCUT2D eigenvalue weighted by Crippen LogP contribution is -2.26. The van der Waals surface area contributed by atoms with Crippen molar-refractivity contribution >= 4 is 5.91 Å². The third kappa shape index (κ3) is 2.60. The molecule has 0 aromatic heterocycles. The van der Waals surface area contributed by atoms with Crippen molar-refractivity contribution in [3.05, 3.63) is 70.8 Å². The zero-order valence-corrected chi connectivity index (χ0v) is 11.7. The minimum atomic E-state index is -0.0152. The second kappa shape index (κ2) is 5.49. The largest absolute Gasteiger partial charge is 0.346 e. The van der Waals surface area contributed by atoms with Crippen LogP contribution in [-0.2, 0) is 12.8 Å². The molecule has 3 rings (SSSR count). The van der Waals surface area contributed by atoms with Crippen LogP contribution in [0.3, 0.4) is 0 Å². The smallest absolute Gasteiger partial charge is 0.251 e. The second-order valence-electron chi connectivity index (χ2n) is 5.44. The first kappa shape index (κ1) is 12.9. The van der Waals surface area contributed by atoms with Gasteiger partial charge in [-0.1, -0.05) is 36.4 Å². The highest BCUT2D eigenvalue weighted by Gasteiger charge is 2.15. The van der Waals surface area contributed by atoms with E-state index in [1.165, 1.54) is 36.0 Å². The van der Waals surface area contributed by atoms with Crippen LogP contribution in [0, 0.1) is 0 Å². The Balaban J connectivity index is 1.73. The van der Waals surface area contributed by atoms with Gasteiger partial charge in [0, 0.05) is 5.56 Å². The van der Waals surface area contributed by atoms with Crippen LogP contribution < -0.4 is 5.32 Å². The number of benzene rings is 2. The maximum absolute atomic E-state index is 12.2. The Labute approximate surface area is 119 Å². The summed E-state index contributed by atoms with van der Waals surface area (Å²) in [5.41, 5.74) is 4.81. The first-order valence-corrected chi connectivity index (χ1v) is 7.21. The minimum absolute atomic E-state index is 0.0152. The first-order chi connectivity index (χ1) is 9.74. The van der Waals surface area contributed by atoms with Gasteiger partial charge in [-0.05, 0) is 55.0 Å². The molecule has 0 heterocycles. The number of amides is 1. The molecule has 2 nitrogen and oxygen atoms in total. The van der Waals surface area contributed by atoms with Crippen molar-refractivity contribution in [1.29, 1.82) is 0 Å². The highest BCUT2D eigenvalue weighted by atomic mass is 16.1. The molecule has 1 aliphatic rings. The predicted octanol–water partition coefficient (Wildman–Crippen LogP) is 3.67. The van der Waals surface area contributed by atoms with Gasteiger partial charge in [-0.15, -0.1) is 0 Å². The number of carbonyl (C=O) groups is 1. The molecule has 0 aliphatic heterocycles. The van der Waals surface area contributed by atoms with Crippen molar-refractivity contribution < 1.29 is 4.79 Å². The van der Waals surface area contributed by atoms with E-state index in [0.29, 0.717) is 5.56 Å². The van der Waals surface area contributed by atoms with Crippen molar-refractivity contribution in [2.75, 3.05) is 0 Å². The average Bonchev–Trinajstić information content (AvgIpc) is 2.95. The van der Waals surface area contributed by atoms with Crippen molar-refractivity contribution in [1.82, 2.24) is 5.32 Å². The highest BCUT2D eigenvalue weighted by molar-refractivity contribution is 5.94. The molecule has 102 valence electrons. The number of hydrogen-bond donors (Lipinski definition) is 1. The van der Waals surface area contributed by atoms with Crippen LogP contribution in [0.5, 0.6) is 0 Å². The van der Waals surface area contributed by atoms with Crippen LogP contribution >= 0.6 is 0 Å². The Kier molecular flexibility index (Phi) is 3.55. The summed E-state index contributed by atoms with van der Waals surface area (Å²) >= 11 is 0. The molecule has 20 heavy (non-hydrogen) atoms. The summed E-state index contributed by atoms with van der Waals surface area (Å²) in [5, 5.41) is 3.06. The van der Waals surface area contributed by atoms with Crippen molar-refractivity contribution in [3.63, 3.8) is 0 Å². The predicted molar refractivity (Wildman–Crippen MR) is 80.8 cm³/mol. The van der Waals surface area contributed by atoms with E-state index in [4.69, 9.17) is 0 Å². The number of aryl methyl sites for hydroxylation is 2. The maximum Gasteiger partial charge on any atom is 0.251 e. The van der Waals surface area contributed by atoms with Gasteiger partial charge in [0.2, 0.25) is 0 Å². The van der Waals surface area contributed by atoms with Gasteiger partial charge in [-0.3, -0.25) is 4.79 Å². The number of hydrogen-bond acceptors (Lipinski definition) is 1. The van der Waals surface area contributed by atoms with E-state index >= 15 is 0 Å². The topological polar surface area (TPSA) is 29.1 Å². The van der Waals surface area contributed by atoms with E-state index in [1.54, 1.807) is 0 Å².